The first kappa shape index (κ1) is 13.3. The molecule has 3 N–H and O–H groups in total. The number of hydrogen-bond donors (Lipinski definition) is 2. The molecule has 3 rings (SSSR count). The standard InChI is InChI=1S/C15H11N3O2S/c16-13(19)10-6-2-4-8-12(10)18-14(20)9-5-1-3-7-11(9)17-15(18)21/h1-8H,(H2,16,19)(H,17,21). The summed E-state index contributed by atoms with van der Waals surface area (Å²) in [5, 5.41) is 0.491. The van der Waals surface area contributed by atoms with Crippen LogP contribution in [0.3, 0.4) is 0 Å². The summed E-state index contributed by atoms with van der Waals surface area (Å²) in [5.74, 6) is -0.611. The van der Waals surface area contributed by atoms with Crippen molar-refractivity contribution < 1.29 is 4.79 Å². The molecule has 3 aromatic rings. The summed E-state index contributed by atoms with van der Waals surface area (Å²) in [4.78, 5) is 27.2. The molecule has 0 radical (unpaired) electrons. The molecule has 0 atom stereocenters. The van der Waals surface area contributed by atoms with Crippen LogP contribution in [-0.4, -0.2) is 15.5 Å². The Morgan fingerprint density at radius 3 is 2.52 bits per heavy atom. The monoisotopic (exact) mass is 297 g/mol. The lowest BCUT2D eigenvalue weighted by Gasteiger charge is -2.11. The van der Waals surface area contributed by atoms with Gasteiger partial charge in [-0.15, -0.1) is 0 Å². The number of primary amides is 1. The number of para-hydroxylation sites is 2. The second-order valence-corrected chi connectivity index (χ2v) is 4.88. The van der Waals surface area contributed by atoms with Crippen LogP contribution in [0, 0.1) is 4.77 Å². The number of nitrogens with zero attached hydrogens (tertiary/aromatic N) is 1. The second-order valence-electron chi connectivity index (χ2n) is 4.50. The lowest BCUT2D eigenvalue weighted by molar-refractivity contribution is 0.100. The number of fused-ring (bicyclic) bond motifs is 1. The van der Waals surface area contributed by atoms with E-state index in [0.29, 0.717) is 16.6 Å². The molecule has 2 aromatic carbocycles. The molecular weight excluding hydrogens is 286 g/mol. The van der Waals surface area contributed by atoms with Crippen LogP contribution in [0.15, 0.2) is 53.3 Å². The molecule has 1 aromatic heterocycles. The molecule has 21 heavy (non-hydrogen) atoms. The summed E-state index contributed by atoms with van der Waals surface area (Å²) in [6.07, 6.45) is 0. The normalized spacial score (nSPS) is 10.7. The molecule has 0 aliphatic carbocycles. The number of benzene rings is 2. The number of carbonyl (C=O) groups is 1. The minimum Gasteiger partial charge on any atom is -0.366 e. The van der Waals surface area contributed by atoms with E-state index in [4.69, 9.17) is 18.0 Å². The van der Waals surface area contributed by atoms with E-state index in [1.807, 2.05) is 6.07 Å². The highest BCUT2D eigenvalue weighted by molar-refractivity contribution is 7.71. The fourth-order valence-corrected chi connectivity index (χ4v) is 2.55. The Morgan fingerprint density at radius 2 is 1.76 bits per heavy atom. The summed E-state index contributed by atoms with van der Waals surface area (Å²) < 4.78 is 1.50. The Kier molecular flexibility index (Phi) is 3.15. The molecule has 0 aliphatic rings. The van der Waals surface area contributed by atoms with Gasteiger partial charge in [-0.3, -0.25) is 14.2 Å². The van der Waals surface area contributed by atoms with Crippen molar-refractivity contribution >= 4 is 29.0 Å². The highest BCUT2D eigenvalue weighted by Gasteiger charge is 2.13. The van der Waals surface area contributed by atoms with Crippen LogP contribution in [0.25, 0.3) is 16.6 Å². The lowest BCUT2D eigenvalue weighted by atomic mass is 10.1. The van der Waals surface area contributed by atoms with Crippen molar-refractivity contribution in [2.45, 2.75) is 0 Å². The van der Waals surface area contributed by atoms with Crippen molar-refractivity contribution in [3.8, 4) is 5.69 Å². The molecule has 6 heteroatoms. The van der Waals surface area contributed by atoms with Gasteiger partial charge in [0.25, 0.3) is 11.5 Å². The largest absolute Gasteiger partial charge is 0.366 e. The first-order chi connectivity index (χ1) is 10.1. The van der Waals surface area contributed by atoms with Crippen molar-refractivity contribution in [3.05, 3.63) is 69.2 Å². The number of rotatable bonds is 2. The predicted octanol–water partition coefficient (Wildman–Crippen LogP) is 2.15. The third-order valence-corrected chi connectivity index (χ3v) is 3.50. The van der Waals surface area contributed by atoms with E-state index in [1.165, 1.54) is 4.57 Å². The third kappa shape index (κ3) is 2.15. The molecule has 0 aliphatic heterocycles. The van der Waals surface area contributed by atoms with E-state index in [9.17, 15) is 9.59 Å². The number of nitrogens with one attached hydrogen (secondary N) is 1. The highest BCUT2D eigenvalue weighted by Crippen LogP contribution is 2.14. The fourth-order valence-electron chi connectivity index (χ4n) is 2.26. The van der Waals surface area contributed by atoms with Crippen molar-refractivity contribution in [1.82, 2.24) is 9.55 Å². The number of aromatic nitrogens is 2. The van der Waals surface area contributed by atoms with Gasteiger partial charge < -0.3 is 10.7 Å². The molecule has 0 bridgehead atoms. The number of H-pyrrole nitrogens is 1. The van der Waals surface area contributed by atoms with E-state index in [2.05, 4.69) is 4.98 Å². The van der Waals surface area contributed by atoms with Crippen molar-refractivity contribution in [1.29, 1.82) is 0 Å². The van der Waals surface area contributed by atoms with Gasteiger partial charge >= 0.3 is 0 Å². The zero-order chi connectivity index (χ0) is 15.0. The van der Waals surface area contributed by atoms with Crippen LogP contribution in [0.4, 0.5) is 0 Å². The summed E-state index contributed by atoms with van der Waals surface area (Å²) in [6, 6.07) is 13.7. The Balaban J connectivity index is 2.45. The summed E-state index contributed by atoms with van der Waals surface area (Å²) in [6.45, 7) is 0. The number of nitrogens with two attached hydrogens (primary N) is 1. The summed E-state index contributed by atoms with van der Waals surface area (Å²) >= 11 is 5.25. The van der Waals surface area contributed by atoms with E-state index in [0.717, 1.165) is 0 Å². The van der Waals surface area contributed by atoms with Crippen LogP contribution in [0.2, 0.25) is 0 Å². The quantitative estimate of drug-likeness (QED) is 0.711. The topological polar surface area (TPSA) is 80.9 Å². The molecular formula is C15H11N3O2S. The van der Waals surface area contributed by atoms with Gasteiger partial charge in [-0.1, -0.05) is 24.3 Å². The Labute approximate surface area is 124 Å². The average molecular weight is 297 g/mol. The molecule has 0 fully saturated rings. The van der Waals surface area contributed by atoms with Gasteiger partial charge in [0.05, 0.1) is 22.2 Å². The number of aromatic amines is 1. The zero-order valence-corrected chi connectivity index (χ0v) is 11.7. The van der Waals surface area contributed by atoms with E-state index in [1.54, 1.807) is 42.5 Å². The molecule has 1 heterocycles. The molecule has 0 unspecified atom stereocenters. The van der Waals surface area contributed by atoms with Crippen LogP contribution < -0.4 is 11.3 Å². The minimum atomic E-state index is -0.611. The molecule has 0 saturated carbocycles. The predicted molar refractivity (Wildman–Crippen MR) is 83.2 cm³/mol. The van der Waals surface area contributed by atoms with Gasteiger partial charge in [0.15, 0.2) is 4.77 Å². The van der Waals surface area contributed by atoms with Crippen LogP contribution in [-0.2, 0) is 0 Å². The highest BCUT2D eigenvalue weighted by atomic mass is 32.1. The number of hydrogen-bond acceptors (Lipinski definition) is 3. The summed E-state index contributed by atoms with van der Waals surface area (Å²) in [7, 11) is 0. The maximum atomic E-state index is 12.6. The van der Waals surface area contributed by atoms with E-state index in [-0.39, 0.29) is 15.9 Å². The maximum Gasteiger partial charge on any atom is 0.266 e. The smallest absolute Gasteiger partial charge is 0.266 e. The third-order valence-electron chi connectivity index (χ3n) is 3.22. The minimum absolute atomic E-state index is 0.215. The van der Waals surface area contributed by atoms with Gasteiger partial charge in [0, 0.05) is 0 Å². The van der Waals surface area contributed by atoms with Crippen molar-refractivity contribution in [2.75, 3.05) is 0 Å². The van der Waals surface area contributed by atoms with Crippen LogP contribution >= 0.6 is 12.2 Å². The number of carbonyl (C=O) groups excluding carboxylic acids is 1. The Hall–Kier alpha value is -2.73. The van der Waals surface area contributed by atoms with Gasteiger partial charge in [0.2, 0.25) is 0 Å². The van der Waals surface area contributed by atoms with Gasteiger partial charge in [-0.25, -0.2) is 0 Å². The van der Waals surface area contributed by atoms with Crippen LogP contribution in [0.1, 0.15) is 10.4 Å². The van der Waals surface area contributed by atoms with Crippen molar-refractivity contribution in [3.63, 3.8) is 0 Å². The Bertz CT molecular complexity index is 972. The SMILES string of the molecule is NC(=O)c1ccccc1-n1c(=S)[nH]c2ccccc2c1=O. The Morgan fingerprint density at radius 1 is 1.10 bits per heavy atom. The molecule has 5 nitrogen and oxygen atoms in total. The lowest BCUT2D eigenvalue weighted by Crippen LogP contribution is -2.24. The average Bonchev–Trinajstić information content (AvgIpc) is 2.47. The second kappa shape index (κ2) is 4.99. The zero-order valence-electron chi connectivity index (χ0n) is 10.9. The number of amides is 1. The maximum absolute atomic E-state index is 12.6. The molecule has 104 valence electrons. The first-order valence-corrected chi connectivity index (χ1v) is 6.63. The van der Waals surface area contributed by atoms with Crippen LogP contribution in [0.5, 0.6) is 0 Å². The van der Waals surface area contributed by atoms with Gasteiger partial charge in [0.1, 0.15) is 0 Å². The molecule has 0 spiro atoms. The summed E-state index contributed by atoms with van der Waals surface area (Å²) in [5.41, 5.74) is 6.35. The fraction of sp³-hybridized carbons (Fsp3) is 0. The van der Waals surface area contributed by atoms with E-state index >= 15 is 0 Å². The molecule has 0 saturated heterocycles. The van der Waals surface area contributed by atoms with Crippen molar-refractivity contribution in [2.24, 2.45) is 5.73 Å². The van der Waals surface area contributed by atoms with Gasteiger partial charge in [-0.05, 0) is 36.5 Å². The van der Waals surface area contributed by atoms with Gasteiger partial charge in [-0.2, -0.15) is 0 Å². The molecule has 1 amide bonds. The van der Waals surface area contributed by atoms with E-state index < -0.39 is 5.91 Å². The first-order valence-electron chi connectivity index (χ1n) is 6.23.